The van der Waals surface area contributed by atoms with Gasteiger partial charge in [0.25, 0.3) is 0 Å². The smallest absolute Gasteiger partial charge is 0.222 e. The number of rotatable bonds is 4. The van der Waals surface area contributed by atoms with Gasteiger partial charge >= 0.3 is 0 Å². The van der Waals surface area contributed by atoms with Crippen molar-refractivity contribution in [2.45, 2.75) is 51.0 Å². The minimum atomic E-state index is -0.0745. The molecule has 0 aliphatic carbocycles. The zero-order chi connectivity index (χ0) is 14.9. The Morgan fingerprint density at radius 3 is 2.81 bits per heavy atom. The van der Waals surface area contributed by atoms with Gasteiger partial charge in [-0.15, -0.1) is 0 Å². The van der Waals surface area contributed by atoms with Crippen molar-refractivity contribution in [1.82, 2.24) is 9.80 Å². The van der Waals surface area contributed by atoms with E-state index in [0.29, 0.717) is 24.7 Å². The molecule has 5 nitrogen and oxygen atoms in total. The Balaban J connectivity index is 1.42. The van der Waals surface area contributed by atoms with Crippen molar-refractivity contribution in [2.75, 3.05) is 32.8 Å². The Bertz CT molecular complexity index is 408. The van der Waals surface area contributed by atoms with Crippen LogP contribution in [0.1, 0.15) is 45.4 Å². The first-order chi connectivity index (χ1) is 10.1. The van der Waals surface area contributed by atoms with E-state index < -0.39 is 0 Å². The fraction of sp³-hybridized carbons (Fsp3) is 0.875. The van der Waals surface area contributed by atoms with Crippen LogP contribution in [0.2, 0.25) is 0 Å². The summed E-state index contributed by atoms with van der Waals surface area (Å²) in [7, 11) is 0. The Morgan fingerprint density at radius 2 is 2.24 bits per heavy atom. The molecule has 118 valence electrons. The lowest BCUT2D eigenvalue weighted by Crippen LogP contribution is -2.66. The SMILES string of the molecule is CCCC(=O)N1CC2(CCC(CN3CCCC3=O)CO2)C1. The van der Waals surface area contributed by atoms with Gasteiger partial charge < -0.3 is 14.5 Å². The quantitative estimate of drug-likeness (QED) is 0.788. The van der Waals surface area contributed by atoms with Gasteiger partial charge in [-0.1, -0.05) is 6.92 Å². The molecule has 3 aliphatic heterocycles. The number of hydrogen-bond donors (Lipinski definition) is 0. The van der Waals surface area contributed by atoms with Gasteiger partial charge in [0.05, 0.1) is 19.7 Å². The molecular weight excluding hydrogens is 268 g/mol. The fourth-order valence-corrected chi connectivity index (χ4v) is 3.72. The third kappa shape index (κ3) is 3.07. The van der Waals surface area contributed by atoms with E-state index >= 15 is 0 Å². The highest BCUT2D eigenvalue weighted by atomic mass is 16.5. The molecule has 3 aliphatic rings. The summed E-state index contributed by atoms with van der Waals surface area (Å²) in [5.74, 6) is 1.03. The summed E-state index contributed by atoms with van der Waals surface area (Å²) in [5.41, 5.74) is -0.0745. The van der Waals surface area contributed by atoms with Crippen LogP contribution < -0.4 is 0 Å². The van der Waals surface area contributed by atoms with Gasteiger partial charge in [-0.3, -0.25) is 9.59 Å². The van der Waals surface area contributed by atoms with E-state index in [1.807, 2.05) is 16.7 Å². The molecule has 3 rings (SSSR count). The predicted octanol–water partition coefficient (Wildman–Crippen LogP) is 1.42. The van der Waals surface area contributed by atoms with Crippen molar-refractivity contribution in [1.29, 1.82) is 0 Å². The molecule has 3 heterocycles. The van der Waals surface area contributed by atoms with Gasteiger partial charge in [0.1, 0.15) is 5.60 Å². The maximum atomic E-state index is 11.8. The van der Waals surface area contributed by atoms with E-state index in [-0.39, 0.29) is 11.5 Å². The number of likely N-dealkylation sites (tertiary alicyclic amines) is 2. The molecule has 3 fully saturated rings. The molecular formula is C16H26N2O3. The largest absolute Gasteiger partial charge is 0.371 e. The Hall–Kier alpha value is -1.10. The van der Waals surface area contributed by atoms with E-state index in [9.17, 15) is 9.59 Å². The molecule has 0 N–H and O–H groups in total. The van der Waals surface area contributed by atoms with E-state index in [0.717, 1.165) is 58.5 Å². The molecule has 1 unspecified atom stereocenters. The third-order valence-electron chi connectivity index (χ3n) is 5.06. The van der Waals surface area contributed by atoms with Gasteiger partial charge in [-0.25, -0.2) is 0 Å². The number of carbonyl (C=O) groups excluding carboxylic acids is 2. The van der Waals surface area contributed by atoms with E-state index in [1.165, 1.54) is 0 Å². The van der Waals surface area contributed by atoms with Crippen LogP contribution in [0.15, 0.2) is 0 Å². The second kappa shape index (κ2) is 5.95. The highest BCUT2D eigenvalue weighted by Crippen LogP contribution is 2.36. The molecule has 0 bridgehead atoms. The van der Waals surface area contributed by atoms with Crippen molar-refractivity contribution >= 4 is 11.8 Å². The maximum absolute atomic E-state index is 11.8. The number of amides is 2. The highest BCUT2D eigenvalue weighted by Gasteiger charge is 2.48. The first-order valence-electron chi connectivity index (χ1n) is 8.31. The minimum Gasteiger partial charge on any atom is -0.371 e. The van der Waals surface area contributed by atoms with Crippen LogP contribution >= 0.6 is 0 Å². The van der Waals surface area contributed by atoms with Crippen LogP contribution in [0.4, 0.5) is 0 Å². The average Bonchev–Trinajstić information content (AvgIpc) is 2.83. The second-order valence-corrected chi connectivity index (χ2v) is 6.84. The van der Waals surface area contributed by atoms with Crippen molar-refractivity contribution < 1.29 is 14.3 Å². The molecule has 0 radical (unpaired) electrons. The van der Waals surface area contributed by atoms with Crippen molar-refractivity contribution in [3.63, 3.8) is 0 Å². The number of carbonyl (C=O) groups is 2. The van der Waals surface area contributed by atoms with E-state index in [2.05, 4.69) is 0 Å². The predicted molar refractivity (Wildman–Crippen MR) is 78.7 cm³/mol. The molecule has 2 amide bonds. The summed E-state index contributed by atoms with van der Waals surface area (Å²) in [5, 5.41) is 0. The lowest BCUT2D eigenvalue weighted by Gasteiger charge is -2.53. The first kappa shape index (κ1) is 14.8. The van der Waals surface area contributed by atoms with Crippen LogP contribution in [0, 0.1) is 5.92 Å². The zero-order valence-corrected chi connectivity index (χ0v) is 13.0. The summed E-state index contributed by atoms with van der Waals surface area (Å²) < 4.78 is 6.09. The van der Waals surface area contributed by atoms with Crippen LogP contribution in [-0.4, -0.2) is 60.0 Å². The van der Waals surface area contributed by atoms with Gasteiger partial charge in [0, 0.05) is 31.8 Å². The lowest BCUT2D eigenvalue weighted by atomic mass is 9.82. The minimum absolute atomic E-state index is 0.0745. The number of nitrogens with zero attached hydrogens (tertiary/aromatic N) is 2. The summed E-state index contributed by atoms with van der Waals surface area (Å²) in [6.07, 6.45) is 5.41. The number of hydrogen-bond acceptors (Lipinski definition) is 3. The molecule has 1 atom stereocenters. The monoisotopic (exact) mass is 294 g/mol. The Labute approximate surface area is 126 Å². The van der Waals surface area contributed by atoms with Crippen LogP contribution in [0.3, 0.4) is 0 Å². The van der Waals surface area contributed by atoms with E-state index in [4.69, 9.17) is 4.74 Å². The lowest BCUT2D eigenvalue weighted by molar-refractivity contribution is -0.189. The molecule has 0 aromatic heterocycles. The molecule has 21 heavy (non-hydrogen) atoms. The van der Waals surface area contributed by atoms with Gasteiger partial charge in [-0.2, -0.15) is 0 Å². The molecule has 3 saturated heterocycles. The second-order valence-electron chi connectivity index (χ2n) is 6.84. The Morgan fingerprint density at radius 1 is 1.43 bits per heavy atom. The summed E-state index contributed by atoms with van der Waals surface area (Å²) >= 11 is 0. The van der Waals surface area contributed by atoms with Gasteiger partial charge in [0.15, 0.2) is 0 Å². The molecule has 0 aromatic carbocycles. The highest BCUT2D eigenvalue weighted by molar-refractivity contribution is 5.78. The molecule has 1 spiro atoms. The van der Waals surface area contributed by atoms with Crippen LogP contribution in [-0.2, 0) is 14.3 Å². The third-order valence-corrected chi connectivity index (χ3v) is 5.06. The van der Waals surface area contributed by atoms with Gasteiger partial charge in [0.2, 0.25) is 11.8 Å². The fourth-order valence-electron chi connectivity index (χ4n) is 3.72. The topological polar surface area (TPSA) is 49.9 Å². The van der Waals surface area contributed by atoms with Crippen molar-refractivity contribution in [3.8, 4) is 0 Å². The summed E-state index contributed by atoms with van der Waals surface area (Å²) in [4.78, 5) is 27.4. The van der Waals surface area contributed by atoms with Crippen molar-refractivity contribution in [2.24, 2.45) is 5.92 Å². The van der Waals surface area contributed by atoms with Crippen molar-refractivity contribution in [3.05, 3.63) is 0 Å². The zero-order valence-electron chi connectivity index (χ0n) is 13.0. The summed E-state index contributed by atoms with van der Waals surface area (Å²) in [6.45, 7) is 6.07. The first-order valence-corrected chi connectivity index (χ1v) is 8.31. The normalized spacial score (nSPS) is 28.0. The van der Waals surface area contributed by atoms with Crippen LogP contribution in [0.25, 0.3) is 0 Å². The van der Waals surface area contributed by atoms with Crippen LogP contribution in [0.5, 0.6) is 0 Å². The summed E-state index contributed by atoms with van der Waals surface area (Å²) in [6, 6.07) is 0. The standard InChI is InChI=1S/C16H26N2O3/c1-2-4-14(19)18-11-16(12-18)7-6-13(10-21-16)9-17-8-3-5-15(17)20/h13H,2-12H2,1H3. The molecule has 0 saturated carbocycles. The Kier molecular flexibility index (Phi) is 4.20. The molecule has 0 aromatic rings. The average molecular weight is 294 g/mol. The van der Waals surface area contributed by atoms with Gasteiger partial charge in [-0.05, 0) is 25.7 Å². The van der Waals surface area contributed by atoms with E-state index in [1.54, 1.807) is 0 Å². The number of ether oxygens (including phenoxy) is 1. The molecule has 5 heteroatoms. The maximum Gasteiger partial charge on any atom is 0.222 e.